The smallest absolute Gasteiger partial charge is 0.110 e. The molecule has 2 nitrogen and oxygen atoms in total. The molecule has 1 unspecified atom stereocenters. The third-order valence-electron chi connectivity index (χ3n) is 1.96. The van der Waals surface area contributed by atoms with Gasteiger partial charge in [-0.3, -0.25) is 4.90 Å². The summed E-state index contributed by atoms with van der Waals surface area (Å²) in [4.78, 5) is 2.42. The minimum absolute atomic E-state index is 0.417. The molecule has 0 amide bonds. The number of nitrogens with zero attached hydrogens (tertiary/aromatic N) is 1. The molecule has 0 aromatic rings. The highest BCUT2D eigenvalue weighted by atomic mass is 16.5. The average molecular weight is 143 g/mol. The Morgan fingerprint density at radius 2 is 2.30 bits per heavy atom. The van der Waals surface area contributed by atoms with Crippen molar-refractivity contribution in [3.05, 3.63) is 0 Å². The molecule has 0 saturated carbocycles. The van der Waals surface area contributed by atoms with Crippen molar-refractivity contribution in [3.63, 3.8) is 0 Å². The van der Waals surface area contributed by atoms with Gasteiger partial charge in [0.15, 0.2) is 0 Å². The SMILES string of the molecule is CCCN1CCOC1CC. The maximum atomic E-state index is 5.49. The van der Waals surface area contributed by atoms with Gasteiger partial charge in [-0.1, -0.05) is 13.8 Å². The number of rotatable bonds is 3. The van der Waals surface area contributed by atoms with E-state index in [1.807, 2.05) is 0 Å². The van der Waals surface area contributed by atoms with Crippen molar-refractivity contribution < 1.29 is 4.74 Å². The van der Waals surface area contributed by atoms with Gasteiger partial charge >= 0.3 is 0 Å². The first-order valence-electron chi connectivity index (χ1n) is 4.24. The van der Waals surface area contributed by atoms with Gasteiger partial charge in [-0.15, -0.1) is 0 Å². The summed E-state index contributed by atoms with van der Waals surface area (Å²) >= 11 is 0. The maximum Gasteiger partial charge on any atom is 0.110 e. The van der Waals surface area contributed by atoms with E-state index in [0.717, 1.165) is 19.6 Å². The molecule has 0 aromatic heterocycles. The van der Waals surface area contributed by atoms with Crippen LogP contribution < -0.4 is 0 Å². The number of ether oxygens (including phenoxy) is 1. The second kappa shape index (κ2) is 3.94. The van der Waals surface area contributed by atoms with Crippen molar-refractivity contribution >= 4 is 0 Å². The van der Waals surface area contributed by atoms with Crippen LogP contribution in [0.5, 0.6) is 0 Å². The van der Waals surface area contributed by atoms with Crippen molar-refractivity contribution in [1.82, 2.24) is 4.90 Å². The molecule has 1 aliphatic heterocycles. The van der Waals surface area contributed by atoms with Gasteiger partial charge < -0.3 is 4.74 Å². The highest BCUT2D eigenvalue weighted by Crippen LogP contribution is 2.12. The summed E-state index contributed by atoms with van der Waals surface area (Å²) in [6, 6.07) is 0. The minimum Gasteiger partial charge on any atom is -0.362 e. The molecule has 60 valence electrons. The lowest BCUT2D eigenvalue weighted by Gasteiger charge is -2.20. The normalized spacial score (nSPS) is 27.6. The topological polar surface area (TPSA) is 12.5 Å². The molecular weight excluding hydrogens is 126 g/mol. The van der Waals surface area contributed by atoms with Crippen LogP contribution in [0.25, 0.3) is 0 Å². The van der Waals surface area contributed by atoms with Gasteiger partial charge in [0.1, 0.15) is 6.23 Å². The zero-order chi connectivity index (χ0) is 7.40. The van der Waals surface area contributed by atoms with E-state index < -0.39 is 0 Å². The van der Waals surface area contributed by atoms with Gasteiger partial charge in [0.25, 0.3) is 0 Å². The summed E-state index contributed by atoms with van der Waals surface area (Å²) in [5.74, 6) is 0. The van der Waals surface area contributed by atoms with Crippen LogP contribution in [0.4, 0.5) is 0 Å². The molecule has 1 fully saturated rings. The highest BCUT2D eigenvalue weighted by Gasteiger charge is 2.21. The Kier molecular flexibility index (Phi) is 3.16. The second-order valence-electron chi connectivity index (χ2n) is 2.77. The largest absolute Gasteiger partial charge is 0.362 e. The van der Waals surface area contributed by atoms with Gasteiger partial charge in [0.2, 0.25) is 0 Å². The van der Waals surface area contributed by atoms with Crippen molar-refractivity contribution in [2.75, 3.05) is 19.7 Å². The fraction of sp³-hybridized carbons (Fsp3) is 1.00. The predicted molar refractivity (Wildman–Crippen MR) is 41.9 cm³/mol. The van der Waals surface area contributed by atoms with Crippen LogP contribution in [-0.4, -0.2) is 30.8 Å². The summed E-state index contributed by atoms with van der Waals surface area (Å²) in [7, 11) is 0. The maximum absolute atomic E-state index is 5.49. The Morgan fingerprint density at radius 3 is 2.90 bits per heavy atom. The molecule has 1 saturated heterocycles. The van der Waals surface area contributed by atoms with Crippen LogP contribution in [0, 0.1) is 0 Å². The van der Waals surface area contributed by atoms with Crippen molar-refractivity contribution in [3.8, 4) is 0 Å². The van der Waals surface area contributed by atoms with Crippen LogP contribution in [-0.2, 0) is 4.74 Å². The minimum atomic E-state index is 0.417. The van der Waals surface area contributed by atoms with E-state index in [2.05, 4.69) is 18.7 Å². The highest BCUT2D eigenvalue weighted by molar-refractivity contribution is 4.67. The zero-order valence-corrected chi connectivity index (χ0v) is 6.97. The lowest BCUT2D eigenvalue weighted by Crippen LogP contribution is -2.30. The molecule has 1 rings (SSSR count). The van der Waals surface area contributed by atoms with Gasteiger partial charge in [0, 0.05) is 13.1 Å². The van der Waals surface area contributed by atoms with E-state index >= 15 is 0 Å². The third kappa shape index (κ3) is 1.70. The molecule has 0 aliphatic carbocycles. The number of hydrogen-bond donors (Lipinski definition) is 0. The lowest BCUT2D eigenvalue weighted by atomic mass is 10.3. The first-order valence-corrected chi connectivity index (χ1v) is 4.24. The van der Waals surface area contributed by atoms with E-state index in [1.54, 1.807) is 0 Å². The Bertz CT molecular complexity index is 95.3. The van der Waals surface area contributed by atoms with Crippen LogP contribution in [0.15, 0.2) is 0 Å². The standard InChI is InChI=1S/C8H17NO/c1-3-5-9-6-7-10-8(9)4-2/h8H,3-7H2,1-2H3. The van der Waals surface area contributed by atoms with Crippen LogP contribution in [0.2, 0.25) is 0 Å². The molecule has 0 radical (unpaired) electrons. The van der Waals surface area contributed by atoms with Crippen LogP contribution in [0.3, 0.4) is 0 Å². The quantitative estimate of drug-likeness (QED) is 0.593. The molecule has 1 atom stereocenters. The molecule has 1 heterocycles. The lowest BCUT2D eigenvalue weighted by molar-refractivity contribution is 0.0313. The summed E-state index contributed by atoms with van der Waals surface area (Å²) in [5, 5.41) is 0. The molecule has 0 spiro atoms. The fourth-order valence-corrected chi connectivity index (χ4v) is 1.47. The summed E-state index contributed by atoms with van der Waals surface area (Å²) in [6.45, 7) is 7.65. The molecule has 0 N–H and O–H groups in total. The van der Waals surface area contributed by atoms with Crippen LogP contribution in [0.1, 0.15) is 26.7 Å². The monoisotopic (exact) mass is 143 g/mol. The first kappa shape index (κ1) is 8.02. The van der Waals surface area contributed by atoms with Crippen molar-refractivity contribution in [1.29, 1.82) is 0 Å². The predicted octanol–water partition coefficient (Wildman–Crippen LogP) is 1.46. The number of hydrogen-bond acceptors (Lipinski definition) is 2. The molecule has 0 aromatic carbocycles. The van der Waals surface area contributed by atoms with E-state index in [9.17, 15) is 0 Å². The summed E-state index contributed by atoms with van der Waals surface area (Å²) < 4.78 is 5.49. The molecule has 1 aliphatic rings. The van der Waals surface area contributed by atoms with E-state index in [-0.39, 0.29) is 0 Å². The van der Waals surface area contributed by atoms with Crippen molar-refractivity contribution in [2.24, 2.45) is 0 Å². The average Bonchev–Trinajstić information content (AvgIpc) is 2.36. The van der Waals surface area contributed by atoms with Gasteiger partial charge in [0.05, 0.1) is 6.61 Å². The Labute approximate surface area is 63.2 Å². The van der Waals surface area contributed by atoms with E-state index in [0.29, 0.717) is 6.23 Å². The first-order chi connectivity index (χ1) is 4.88. The molecule has 0 bridgehead atoms. The fourth-order valence-electron chi connectivity index (χ4n) is 1.47. The second-order valence-corrected chi connectivity index (χ2v) is 2.77. The molecule has 10 heavy (non-hydrogen) atoms. The van der Waals surface area contributed by atoms with Crippen molar-refractivity contribution in [2.45, 2.75) is 32.9 Å². The Morgan fingerprint density at radius 1 is 1.50 bits per heavy atom. The van der Waals surface area contributed by atoms with E-state index in [1.165, 1.54) is 13.0 Å². The van der Waals surface area contributed by atoms with Gasteiger partial charge in [-0.25, -0.2) is 0 Å². The van der Waals surface area contributed by atoms with Crippen LogP contribution >= 0.6 is 0 Å². The van der Waals surface area contributed by atoms with E-state index in [4.69, 9.17) is 4.74 Å². The Hall–Kier alpha value is -0.0800. The summed E-state index contributed by atoms with van der Waals surface area (Å²) in [5.41, 5.74) is 0. The zero-order valence-electron chi connectivity index (χ0n) is 6.97. The third-order valence-corrected chi connectivity index (χ3v) is 1.96. The van der Waals surface area contributed by atoms with Gasteiger partial charge in [-0.2, -0.15) is 0 Å². The summed E-state index contributed by atoms with van der Waals surface area (Å²) in [6.07, 6.45) is 2.78. The van der Waals surface area contributed by atoms with Gasteiger partial charge in [-0.05, 0) is 12.8 Å². The molecule has 2 heteroatoms. The Balaban J connectivity index is 2.27. The molecular formula is C8H17NO.